The van der Waals surface area contributed by atoms with Crippen molar-refractivity contribution in [3.63, 3.8) is 0 Å². The van der Waals surface area contributed by atoms with Gasteiger partial charge in [0.2, 0.25) is 0 Å². The first kappa shape index (κ1) is 14.5. The van der Waals surface area contributed by atoms with Gasteiger partial charge in [-0.3, -0.25) is 4.79 Å². The van der Waals surface area contributed by atoms with Crippen molar-refractivity contribution in [1.82, 2.24) is 0 Å². The minimum absolute atomic E-state index is 0.00945. The highest BCUT2D eigenvalue weighted by Crippen LogP contribution is 2.45. The number of esters is 1. The van der Waals surface area contributed by atoms with Gasteiger partial charge in [0.05, 0.1) is 13.0 Å². The predicted molar refractivity (Wildman–Crippen MR) is 70.7 cm³/mol. The molecule has 0 bridgehead atoms. The molecule has 0 amide bonds. The summed E-state index contributed by atoms with van der Waals surface area (Å²) in [6, 6.07) is 0. The third-order valence-electron chi connectivity index (χ3n) is 5.20. The van der Waals surface area contributed by atoms with Gasteiger partial charge in [0.1, 0.15) is 0 Å². The summed E-state index contributed by atoms with van der Waals surface area (Å²) in [5, 5.41) is 0. The normalized spacial score (nSPS) is 27.6. The van der Waals surface area contributed by atoms with Crippen molar-refractivity contribution in [2.24, 2.45) is 23.2 Å². The lowest BCUT2D eigenvalue weighted by Gasteiger charge is -2.42. The van der Waals surface area contributed by atoms with Crippen LogP contribution >= 0.6 is 0 Å². The predicted octanol–water partition coefficient (Wildman–Crippen LogP) is 4.04. The van der Waals surface area contributed by atoms with Crippen LogP contribution in [-0.4, -0.2) is 13.1 Å². The van der Waals surface area contributed by atoms with E-state index >= 15 is 0 Å². The summed E-state index contributed by atoms with van der Waals surface area (Å²) in [5.41, 5.74) is 0.399. The van der Waals surface area contributed by atoms with Crippen LogP contribution < -0.4 is 0 Å². The molecule has 0 spiro atoms. The van der Waals surface area contributed by atoms with Crippen LogP contribution in [0.3, 0.4) is 0 Å². The molecule has 1 fully saturated rings. The Labute approximate surface area is 106 Å². The Morgan fingerprint density at radius 1 is 1.29 bits per heavy atom. The number of rotatable bonds is 4. The second kappa shape index (κ2) is 5.88. The molecule has 0 aromatic carbocycles. The topological polar surface area (TPSA) is 26.3 Å². The van der Waals surface area contributed by atoms with Crippen LogP contribution in [0.25, 0.3) is 0 Å². The SMILES string of the molecule is CCC(C)C(C)(C)C1CCC(C(=O)OC)CC1. The van der Waals surface area contributed by atoms with Gasteiger partial charge in [0, 0.05) is 0 Å². The van der Waals surface area contributed by atoms with Crippen LogP contribution in [-0.2, 0) is 9.53 Å². The molecule has 0 heterocycles. The molecular formula is C15H28O2. The first-order valence-corrected chi connectivity index (χ1v) is 7.01. The molecule has 1 aliphatic rings. The summed E-state index contributed by atoms with van der Waals surface area (Å²) in [5.74, 6) is 1.66. The zero-order valence-electron chi connectivity index (χ0n) is 12.1. The van der Waals surface area contributed by atoms with E-state index < -0.39 is 0 Å². The first-order valence-electron chi connectivity index (χ1n) is 7.01. The molecule has 0 aromatic heterocycles. The maximum absolute atomic E-state index is 11.5. The minimum atomic E-state index is -0.00945. The molecule has 17 heavy (non-hydrogen) atoms. The van der Waals surface area contributed by atoms with Crippen molar-refractivity contribution < 1.29 is 9.53 Å². The van der Waals surface area contributed by atoms with Gasteiger partial charge in [0.15, 0.2) is 0 Å². The van der Waals surface area contributed by atoms with Gasteiger partial charge in [-0.1, -0.05) is 34.1 Å². The third-order valence-corrected chi connectivity index (χ3v) is 5.20. The summed E-state index contributed by atoms with van der Waals surface area (Å²) < 4.78 is 4.84. The monoisotopic (exact) mass is 240 g/mol. The lowest BCUT2D eigenvalue weighted by molar-refractivity contribution is -0.147. The molecule has 2 nitrogen and oxygen atoms in total. The van der Waals surface area contributed by atoms with Crippen molar-refractivity contribution in [3.8, 4) is 0 Å². The molecule has 0 N–H and O–H groups in total. The first-order chi connectivity index (χ1) is 7.93. The molecule has 1 atom stereocenters. The lowest BCUT2D eigenvalue weighted by atomic mass is 9.63. The van der Waals surface area contributed by atoms with E-state index in [0.29, 0.717) is 5.41 Å². The van der Waals surface area contributed by atoms with Crippen molar-refractivity contribution in [1.29, 1.82) is 0 Å². The maximum atomic E-state index is 11.5. The maximum Gasteiger partial charge on any atom is 0.308 e. The molecule has 1 rings (SSSR count). The summed E-state index contributed by atoms with van der Waals surface area (Å²) in [7, 11) is 1.50. The summed E-state index contributed by atoms with van der Waals surface area (Å²) in [4.78, 5) is 11.5. The Morgan fingerprint density at radius 3 is 2.24 bits per heavy atom. The Hall–Kier alpha value is -0.530. The van der Waals surface area contributed by atoms with Gasteiger partial charge < -0.3 is 4.74 Å². The second-order valence-electron chi connectivity index (χ2n) is 6.20. The summed E-state index contributed by atoms with van der Waals surface area (Å²) >= 11 is 0. The van der Waals surface area contributed by atoms with Crippen molar-refractivity contribution in [2.45, 2.75) is 59.8 Å². The van der Waals surface area contributed by atoms with Crippen LogP contribution in [0, 0.1) is 23.2 Å². The quantitative estimate of drug-likeness (QED) is 0.693. The number of carbonyl (C=O) groups is 1. The fraction of sp³-hybridized carbons (Fsp3) is 0.933. The number of hydrogen-bond acceptors (Lipinski definition) is 2. The number of carbonyl (C=O) groups excluding carboxylic acids is 1. The second-order valence-corrected chi connectivity index (χ2v) is 6.20. The van der Waals surface area contributed by atoms with Crippen molar-refractivity contribution in [3.05, 3.63) is 0 Å². The van der Waals surface area contributed by atoms with Crippen LogP contribution in [0.15, 0.2) is 0 Å². The van der Waals surface area contributed by atoms with E-state index in [9.17, 15) is 4.79 Å². The fourth-order valence-electron chi connectivity index (χ4n) is 3.17. The highest BCUT2D eigenvalue weighted by atomic mass is 16.5. The Bertz CT molecular complexity index is 250. The van der Waals surface area contributed by atoms with Crippen molar-refractivity contribution in [2.75, 3.05) is 7.11 Å². The van der Waals surface area contributed by atoms with Gasteiger partial charge in [-0.15, -0.1) is 0 Å². The standard InChI is InChI=1S/C15H28O2/c1-6-11(2)15(3,4)13-9-7-12(8-10-13)14(16)17-5/h11-13H,6-10H2,1-5H3. The molecule has 2 heteroatoms. The number of hydrogen-bond donors (Lipinski definition) is 0. The van der Waals surface area contributed by atoms with Crippen LogP contribution in [0.4, 0.5) is 0 Å². The van der Waals surface area contributed by atoms with E-state index in [0.717, 1.165) is 24.7 Å². The van der Waals surface area contributed by atoms with Crippen molar-refractivity contribution >= 4 is 5.97 Å². The van der Waals surface area contributed by atoms with Gasteiger partial charge in [-0.2, -0.15) is 0 Å². The molecule has 1 unspecified atom stereocenters. The number of methoxy groups -OCH3 is 1. The average Bonchev–Trinajstić information content (AvgIpc) is 2.36. The zero-order valence-corrected chi connectivity index (χ0v) is 12.1. The summed E-state index contributed by atoms with van der Waals surface area (Å²) in [6.45, 7) is 9.41. The van der Waals surface area contributed by atoms with E-state index in [1.807, 2.05) is 0 Å². The Morgan fingerprint density at radius 2 is 1.82 bits per heavy atom. The van der Waals surface area contributed by atoms with Gasteiger partial charge in [-0.25, -0.2) is 0 Å². The highest BCUT2D eigenvalue weighted by Gasteiger charge is 2.37. The molecule has 0 aromatic rings. The Balaban J connectivity index is 2.54. The molecule has 1 aliphatic carbocycles. The lowest BCUT2D eigenvalue weighted by Crippen LogP contribution is -2.35. The van der Waals surface area contributed by atoms with Gasteiger partial charge in [-0.05, 0) is 42.9 Å². The molecule has 100 valence electrons. The van der Waals surface area contributed by atoms with E-state index in [-0.39, 0.29) is 11.9 Å². The third kappa shape index (κ3) is 3.23. The average molecular weight is 240 g/mol. The number of ether oxygens (including phenoxy) is 1. The summed E-state index contributed by atoms with van der Waals surface area (Å²) in [6.07, 6.45) is 5.62. The minimum Gasteiger partial charge on any atom is -0.469 e. The molecule has 0 aliphatic heterocycles. The Kier molecular flexibility index (Phi) is 5.03. The molecule has 0 radical (unpaired) electrons. The van der Waals surface area contributed by atoms with E-state index in [4.69, 9.17) is 4.74 Å². The largest absolute Gasteiger partial charge is 0.469 e. The van der Waals surface area contributed by atoms with E-state index in [1.165, 1.54) is 26.4 Å². The van der Waals surface area contributed by atoms with E-state index in [2.05, 4.69) is 27.7 Å². The fourth-order valence-corrected chi connectivity index (χ4v) is 3.17. The van der Waals surface area contributed by atoms with Crippen LogP contribution in [0.1, 0.15) is 59.8 Å². The smallest absolute Gasteiger partial charge is 0.308 e. The van der Waals surface area contributed by atoms with Crippen LogP contribution in [0.5, 0.6) is 0 Å². The van der Waals surface area contributed by atoms with Gasteiger partial charge >= 0.3 is 5.97 Å². The van der Waals surface area contributed by atoms with Gasteiger partial charge in [0.25, 0.3) is 0 Å². The van der Waals surface area contributed by atoms with E-state index in [1.54, 1.807) is 0 Å². The molecule has 0 saturated heterocycles. The highest BCUT2D eigenvalue weighted by molar-refractivity contribution is 5.72. The molecule has 1 saturated carbocycles. The van der Waals surface area contributed by atoms with Crippen LogP contribution in [0.2, 0.25) is 0 Å². The zero-order chi connectivity index (χ0) is 13.1. The molecular weight excluding hydrogens is 212 g/mol.